The van der Waals surface area contributed by atoms with Gasteiger partial charge in [0.25, 0.3) is 0 Å². The number of piperidine rings is 2. The first kappa shape index (κ1) is 19.1. The van der Waals surface area contributed by atoms with E-state index in [0.29, 0.717) is 12.8 Å². The van der Waals surface area contributed by atoms with Crippen molar-refractivity contribution in [3.05, 3.63) is 83.9 Å². The molecule has 2 unspecified atom stereocenters. The number of hydrogen-bond acceptors (Lipinski definition) is 3. The van der Waals surface area contributed by atoms with Crippen LogP contribution in [0.15, 0.2) is 72.8 Å². The van der Waals surface area contributed by atoms with Gasteiger partial charge in [-0.3, -0.25) is 0 Å². The number of ether oxygens (including phenoxy) is 1. The molecular weight excluding hydrogens is 374 g/mol. The molecule has 2 saturated heterocycles. The minimum Gasteiger partial charge on any atom is -0.445 e. The standard InChI is InChI=1S/C26H27NO3/c28-25(30-18-19-7-2-1-3-8-19)27-23-11-6-12-24(27)17-26(29,16-23)22-14-13-20-9-4-5-10-21(20)15-22/h1-5,7-10,13-15,23-24,29H,6,11-12,16-18H2. The molecule has 4 nitrogen and oxygen atoms in total. The van der Waals surface area contributed by atoms with E-state index in [1.165, 1.54) is 5.39 Å². The predicted molar refractivity (Wildman–Crippen MR) is 117 cm³/mol. The van der Waals surface area contributed by atoms with E-state index in [4.69, 9.17) is 4.74 Å². The van der Waals surface area contributed by atoms with Crippen LogP contribution in [0.4, 0.5) is 4.79 Å². The summed E-state index contributed by atoms with van der Waals surface area (Å²) < 4.78 is 5.64. The molecule has 2 atom stereocenters. The quantitative estimate of drug-likeness (QED) is 0.641. The molecular formula is C26H27NO3. The van der Waals surface area contributed by atoms with E-state index >= 15 is 0 Å². The van der Waals surface area contributed by atoms with E-state index < -0.39 is 5.60 Å². The largest absolute Gasteiger partial charge is 0.445 e. The van der Waals surface area contributed by atoms with Crippen LogP contribution < -0.4 is 0 Å². The highest BCUT2D eigenvalue weighted by Crippen LogP contribution is 2.45. The van der Waals surface area contributed by atoms with Gasteiger partial charge in [0.15, 0.2) is 0 Å². The summed E-state index contributed by atoms with van der Waals surface area (Å²) in [5.74, 6) is 0. The highest BCUT2D eigenvalue weighted by Gasteiger charge is 2.48. The Morgan fingerprint density at radius 3 is 2.33 bits per heavy atom. The van der Waals surface area contributed by atoms with Crippen molar-refractivity contribution in [1.82, 2.24) is 4.90 Å². The number of rotatable bonds is 3. The maximum Gasteiger partial charge on any atom is 0.410 e. The highest BCUT2D eigenvalue weighted by atomic mass is 16.6. The second-order valence-electron chi connectivity index (χ2n) is 8.69. The normalized spacial score (nSPS) is 25.8. The van der Waals surface area contributed by atoms with Crippen molar-refractivity contribution >= 4 is 16.9 Å². The molecule has 3 aromatic carbocycles. The molecule has 5 rings (SSSR count). The van der Waals surface area contributed by atoms with Crippen LogP contribution in [0.1, 0.15) is 43.2 Å². The molecule has 2 aliphatic rings. The number of fused-ring (bicyclic) bond motifs is 3. The Balaban J connectivity index is 1.35. The van der Waals surface area contributed by atoms with Crippen molar-refractivity contribution in [2.24, 2.45) is 0 Å². The van der Waals surface area contributed by atoms with Gasteiger partial charge in [0.2, 0.25) is 0 Å². The van der Waals surface area contributed by atoms with E-state index in [2.05, 4.69) is 24.3 Å². The lowest BCUT2D eigenvalue weighted by molar-refractivity contribution is -0.0895. The number of aliphatic hydroxyl groups is 1. The van der Waals surface area contributed by atoms with Crippen molar-refractivity contribution in [1.29, 1.82) is 0 Å². The Hall–Kier alpha value is -2.85. The maximum atomic E-state index is 12.9. The van der Waals surface area contributed by atoms with Crippen molar-refractivity contribution in [3.8, 4) is 0 Å². The van der Waals surface area contributed by atoms with Gasteiger partial charge in [0.05, 0.1) is 5.60 Å². The molecule has 2 bridgehead atoms. The van der Waals surface area contributed by atoms with E-state index in [1.807, 2.05) is 53.4 Å². The first-order valence-corrected chi connectivity index (χ1v) is 10.8. The molecule has 2 heterocycles. The highest BCUT2D eigenvalue weighted by molar-refractivity contribution is 5.83. The fraction of sp³-hybridized carbons (Fsp3) is 0.346. The van der Waals surface area contributed by atoms with Crippen LogP contribution in [0.2, 0.25) is 0 Å². The maximum absolute atomic E-state index is 12.9. The molecule has 4 heteroatoms. The van der Waals surface area contributed by atoms with Gasteiger partial charge in [-0.15, -0.1) is 0 Å². The Kier molecular flexibility index (Phi) is 4.95. The molecule has 0 aromatic heterocycles. The second-order valence-corrected chi connectivity index (χ2v) is 8.69. The summed E-state index contributed by atoms with van der Waals surface area (Å²) in [5, 5.41) is 13.9. The minimum absolute atomic E-state index is 0.0113. The Morgan fingerprint density at radius 1 is 0.933 bits per heavy atom. The molecule has 154 valence electrons. The fourth-order valence-electron chi connectivity index (χ4n) is 5.24. The number of amides is 1. The van der Waals surface area contributed by atoms with Gasteiger partial charge in [-0.05, 0) is 47.2 Å². The summed E-state index contributed by atoms with van der Waals surface area (Å²) in [6.45, 7) is 0.282. The Labute approximate surface area is 177 Å². The zero-order valence-electron chi connectivity index (χ0n) is 17.0. The molecule has 2 aliphatic heterocycles. The molecule has 1 N–H and O–H groups in total. The van der Waals surface area contributed by atoms with Gasteiger partial charge in [0, 0.05) is 24.9 Å². The zero-order chi connectivity index (χ0) is 20.6. The SMILES string of the molecule is O=C(OCc1ccccc1)N1C2CCCC1CC(O)(c1ccc3ccccc3c1)C2. The molecule has 0 radical (unpaired) electrons. The molecule has 0 saturated carbocycles. The second kappa shape index (κ2) is 7.77. The third-order valence-corrected chi connectivity index (χ3v) is 6.71. The van der Waals surface area contributed by atoms with Crippen LogP contribution in [0, 0.1) is 0 Å². The molecule has 3 aromatic rings. The van der Waals surface area contributed by atoms with Gasteiger partial charge in [-0.1, -0.05) is 66.7 Å². The van der Waals surface area contributed by atoms with E-state index in [-0.39, 0.29) is 24.8 Å². The lowest BCUT2D eigenvalue weighted by Gasteiger charge is -2.51. The molecule has 1 amide bonds. The number of nitrogens with zero attached hydrogens (tertiary/aromatic N) is 1. The number of benzene rings is 3. The van der Waals surface area contributed by atoms with Crippen molar-refractivity contribution in [2.75, 3.05) is 0 Å². The van der Waals surface area contributed by atoms with Crippen LogP contribution in [-0.4, -0.2) is 28.2 Å². The summed E-state index contributed by atoms with van der Waals surface area (Å²) in [4.78, 5) is 14.8. The third-order valence-electron chi connectivity index (χ3n) is 6.71. The van der Waals surface area contributed by atoms with Gasteiger partial charge >= 0.3 is 6.09 Å². The van der Waals surface area contributed by atoms with Crippen LogP contribution in [0.3, 0.4) is 0 Å². The topological polar surface area (TPSA) is 49.8 Å². The molecule has 2 fully saturated rings. The number of carbonyl (C=O) groups is 1. The smallest absolute Gasteiger partial charge is 0.410 e. The van der Waals surface area contributed by atoms with Crippen LogP contribution in [0.25, 0.3) is 10.8 Å². The Bertz CT molecular complexity index is 1030. The lowest BCUT2D eigenvalue weighted by atomic mass is 9.72. The van der Waals surface area contributed by atoms with Gasteiger partial charge in [-0.25, -0.2) is 4.79 Å². The lowest BCUT2D eigenvalue weighted by Crippen LogP contribution is -2.58. The van der Waals surface area contributed by atoms with Gasteiger partial charge in [0.1, 0.15) is 6.61 Å². The van der Waals surface area contributed by atoms with Crippen molar-refractivity contribution in [3.63, 3.8) is 0 Å². The number of hydrogen-bond donors (Lipinski definition) is 1. The first-order chi connectivity index (χ1) is 14.6. The summed E-state index contributed by atoms with van der Waals surface area (Å²) in [6, 6.07) is 24.2. The van der Waals surface area contributed by atoms with Crippen molar-refractivity contribution < 1.29 is 14.6 Å². The monoisotopic (exact) mass is 401 g/mol. The van der Waals surface area contributed by atoms with E-state index in [9.17, 15) is 9.90 Å². The molecule has 0 aliphatic carbocycles. The minimum atomic E-state index is -0.907. The zero-order valence-corrected chi connectivity index (χ0v) is 17.0. The molecule has 0 spiro atoms. The van der Waals surface area contributed by atoms with Gasteiger partial charge in [-0.2, -0.15) is 0 Å². The third kappa shape index (κ3) is 3.56. The van der Waals surface area contributed by atoms with Gasteiger partial charge < -0.3 is 14.7 Å². The Morgan fingerprint density at radius 2 is 1.60 bits per heavy atom. The van der Waals surface area contributed by atoms with Crippen LogP contribution >= 0.6 is 0 Å². The number of carbonyl (C=O) groups excluding carboxylic acids is 1. The summed E-state index contributed by atoms with van der Waals surface area (Å²) in [7, 11) is 0. The first-order valence-electron chi connectivity index (χ1n) is 10.8. The predicted octanol–water partition coefficient (Wildman–Crippen LogP) is 5.38. The van der Waals surface area contributed by atoms with Crippen molar-refractivity contribution in [2.45, 2.75) is 56.4 Å². The van der Waals surface area contributed by atoms with E-state index in [0.717, 1.165) is 35.8 Å². The summed E-state index contributed by atoms with van der Waals surface area (Å²) >= 11 is 0. The summed E-state index contributed by atoms with van der Waals surface area (Å²) in [6.07, 6.45) is 3.77. The summed E-state index contributed by atoms with van der Waals surface area (Å²) in [5.41, 5.74) is 1.03. The van der Waals surface area contributed by atoms with E-state index in [1.54, 1.807) is 0 Å². The average molecular weight is 402 g/mol. The average Bonchev–Trinajstić information content (AvgIpc) is 2.77. The fourth-order valence-corrected chi connectivity index (χ4v) is 5.24. The van der Waals surface area contributed by atoms with Crippen LogP contribution in [-0.2, 0) is 16.9 Å². The molecule has 30 heavy (non-hydrogen) atoms. The van der Waals surface area contributed by atoms with Crippen LogP contribution in [0.5, 0.6) is 0 Å².